The van der Waals surface area contributed by atoms with Crippen LogP contribution in [0.25, 0.3) is 0 Å². The molecule has 1 heterocycles. The van der Waals surface area contributed by atoms with Crippen LogP contribution in [-0.4, -0.2) is 45.5 Å². The molecule has 0 unspecified atom stereocenters. The molecule has 106 valence electrons. The van der Waals surface area contributed by atoms with Gasteiger partial charge in [0.15, 0.2) is 0 Å². The van der Waals surface area contributed by atoms with Crippen molar-refractivity contribution in [3.63, 3.8) is 0 Å². The van der Waals surface area contributed by atoms with Gasteiger partial charge in [-0.3, -0.25) is 19.5 Å². The van der Waals surface area contributed by atoms with Crippen molar-refractivity contribution in [2.24, 2.45) is 0 Å². The largest absolute Gasteiger partial charge is 0.396 e. The Kier molecular flexibility index (Phi) is 6.98. The quantitative estimate of drug-likeness (QED) is 0.519. The summed E-state index contributed by atoms with van der Waals surface area (Å²) in [6.45, 7) is 0.459. The van der Waals surface area contributed by atoms with Crippen LogP contribution in [0.15, 0.2) is 21.7 Å². The number of nitrogens with zero attached hydrogens (tertiary/aromatic N) is 1. The summed E-state index contributed by atoms with van der Waals surface area (Å²) >= 11 is 1.63. The molecule has 0 aliphatic carbocycles. The van der Waals surface area contributed by atoms with Crippen molar-refractivity contribution in [3.8, 4) is 0 Å². The average molecular weight is 287 g/mol. The summed E-state index contributed by atoms with van der Waals surface area (Å²) in [6, 6.07) is 2.24. The second kappa shape index (κ2) is 8.54. The van der Waals surface area contributed by atoms with Crippen LogP contribution in [-0.2, 0) is 11.3 Å². The molecule has 1 rings (SSSR count). The lowest BCUT2D eigenvalue weighted by atomic mass is 10.5. The van der Waals surface area contributed by atoms with Crippen LogP contribution in [0.2, 0.25) is 0 Å². The summed E-state index contributed by atoms with van der Waals surface area (Å²) in [4.78, 5) is 33.9. The number of nitrogens with one attached hydrogen (secondary N) is 2. The molecule has 0 saturated heterocycles. The van der Waals surface area contributed by atoms with Gasteiger partial charge < -0.3 is 10.4 Å². The summed E-state index contributed by atoms with van der Waals surface area (Å²) < 4.78 is 0.969. The van der Waals surface area contributed by atoms with Crippen molar-refractivity contribution in [1.82, 2.24) is 15.1 Å². The van der Waals surface area contributed by atoms with Gasteiger partial charge in [0.05, 0.1) is 0 Å². The number of rotatable bonds is 8. The van der Waals surface area contributed by atoms with E-state index in [1.807, 2.05) is 0 Å². The van der Waals surface area contributed by atoms with Gasteiger partial charge >= 0.3 is 0 Å². The monoisotopic (exact) mass is 287 g/mol. The molecular formula is C11H17N3O4S. The number of H-pyrrole nitrogens is 1. The van der Waals surface area contributed by atoms with E-state index in [0.29, 0.717) is 6.54 Å². The number of hydrogen-bond acceptors (Lipinski definition) is 5. The van der Waals surface area contributed by atoms with Crippen molar-refractivity contribution in [2.75, 3.05) is 24.7 Å². The van der Waals surface area contributed by atoms with Gasteiger partial charge in [0, 0.05) is 31.0 Å². The van der Waals surface area contributed by atoms with Gasteiger partial charge in [-0.25, -0.2) is 4.68 Å². The van der Waals surface area contributed by atoms with E-state index in [4.69, 9.17) is 5.11 Å². The first-order valence-corrected chi connectivity index (χ1v) is 7.04. The number of amides is 1. The van der Waals surface area contributed by atoms with Crippen molar-refractivity contribution in [1.29, 1.82) is 0 Å². The Labute approximate surface area is 114 Å². The van der Waals surface area contributed by atoms with E-state index in [1.54, 1.807) is 11.8 Å². The molecule has 3 N–H and O–H groups in total. The number of aromatic nitrogens is 2. The van der Waals surface area contributed by atoms with E-state index in [2.05, 4.69) is 10.4 Å². The summed E-state index contributed by atoms with van der Waals surface area (Å²) in [5.41, 5.74) is -0.848. The Balaban J connectivity index is 2.29. The highest BCUT2D eigenvalue weighted by atomic mass is 32.2. The molecule has 0 saturated carbocycles. The lowest BCUT2D eigenvalue weighted by molar-refractivity contribution is -0.121. The first-order valence-electron chi connectivity index (χ1n) is 5.89. The maximum absolute atomic E-state index is 11.5. The fourth-order valence-electron chi connectivity index (χ4n) is 1.31. The zero-order chi connectivity index (χ0) is 14.1. The van der Waals surface area contributed by atoms with E-state index in [1.165, 1.54) is 0 Å². The molecular weight excluding hydrogens is 270 g/mol. The molecule has 0 bridgehead atoms. The lowest BCUT2D eigenvalue weighted by Crippen LogP contribution is -2.36. The smallest absolute Gasteiger partial charge is 0.265 e. The predicted octanol–water partition coefficient (Wildman–Crippen LogP) is -1.23. The van der Waals surface area contributed by atoms with E-state index >= 15 is 0 Å². The Hall–Kier alpha value is -1.54. The van der Waals surface area contributed by atoms with Gasteiger partial charge in [-0.05, 0) is 12.2 Å². The van der Waals surface area contributed by atoms with Crippen LogP contribution in [0.3, 0.4) is 0 Å². The zero-order valence-corrected chi connectivity index (χ0v) is 11.2. The molecule has 0 aliphatic rings. The fraction of sp³-hybridized carbons (Fsp3) is 0.545. The van der Waals surface area contributed by atoms with Gasteiger partial charge in [-0.2, -0.15) is 11.8 Å². The maximum Gasteiger partial charge on any atom is 0.265 e. The van der Waals surface area contributed by atoms with Crippen LogP contribution in [0, 0.1) is 0 Å². The van der Waals surface area contributed by atoms with Crippen LogP contribution in [0.1, 0.15) is 6.42 Å². The highest BCUT2D eigenvalue weighted by Crippen LogP contribution is 1.99. The van der Waals surface area contributed by atoms with Crippen LogP contribution in [0.5, 0.6) is 0 Å². The third-order valence-electron chi connectivity index (χ3n) is 2.21. The SMILES string of the molecule is O=C(Cn1[nH]c(=O)ccc1=O)NCCSCCCO. The number of thioether (sulfide) groups is 1. The van der Waals surface area contributed by atoms with Crippen molar-refractivity contribution in [3.05, 3.63) is 32.8 Å². The predicted molar refractivity (Wildman–Crippen MR) is 73.4 cm³/mol. The van der Waals surface area contributed by atoms with Gasteiger partial charge in [0.25, 0.3) is 11.1 Å². The number of carbonyl (C=O) groups is 1. The Morgan fingerprint density at radius 2 is 2.16 bits per heavy atom. The summed E-state index contributed by atoms with van der Waals surface area (Å²) in [5.74, 6) is 1.26. The number of aliphatic hydroxyl groups is 1. The third kappa shape index (κ3) is 6.25. The number of hydrogen-bond donors (Lipinski definition) is 3. The molecule has 0 aromatic carbocycles. The number of aliphatic hydroxyl groups excluding tert-OH is 1. The molecule has 0 fully saturated rings. The van der Waals surface area contributed by atoms with E-state index in [0.717, 1.165) is 34.7 Å². The number of aromatic amines is 1. The van der Waals surface area contributed by atoms with E-state index < -0.39 is 11.1 Å². The minimum Gasteiger partial charge on any atom is -0.396 e. The zero-order valence-electron chi connectivity index (χ0n) is 10.4. The average Bonchev–Trinajstić information content (AvgIpc) is 2.38. The molecule has 7 nitrogen and oxygen atoms in total. The van der Waals surface area contributed by atoms with Crippen molar-refractivity contribution >= 4 is 17.7 Å². The van der Waals surface area contributed by atoms with Gasteiger partial charge in [0.2, 0.25) is 5.91 Å². The third-order valence-corrected chi connectivity index (χ3v) is 3.28. The van der Waals surface area contributed by atoms with Crippen LogP contribution < -0.4 is 16.4 Å². The minimum atomic E-state index is -0.424. The minimum absolute atomic E-state index is 0.170. The first-order chi connectivity index (χ1) is 9.13. The molecule has 1 aromatic heterocycles. The highest BCUT2D eigenvalue weighted by Gasteiger charge is 2.04. The van der Waals surface area contributed by atoms with E-state index in [-0.39, 0.29) is 19.1 Å². The Morgan fingerprint density at radius 3 is 2.89 bits per heavy atom. The Morgan fingerprint density at radius 1 is 1.37 bits per heavy atom. The molecule has 1 amide bonds. The first kappa shape index (κ1) is 15.5. The Bertz CT molecular complexity index is 511. The topological polar surface area (TPSA) is 104 Å². The van der Waals surface area contributed by atoms with Crippen LogP contribution in [0.4, 0.5) is 0 Å². The lowest BCUT2D eigenvalue weighted by Gasteiger charge is -2.06. The summed E-state index contributed by atoms with van der Waals surface area (Å²) in [7, 11) is 0. The maximum atomic E-state index is 11.5. The van der Waals surface area contributed by atoms with E-state index in [9.17, 15) is 14.4 Å². The van der Waals surface area contributed by atoms with Crippen molar-refractivity contribution in [2.45, 2.75) is 13.0 Å². The number of carbonyl (C=O) groups excluding carboxylic acids is 1. The van der Waals surface area contributed by atoms with Gasteiger partial charge in [-0.1, -0.05) is 0 Å². The van der Waals surface area contributed by atoms with Crippen molar-refractivity contribution < 1.29 is 9.90 Å². The highest BCUT2D eigenvalue weighted by molar-refractivity contribution is 7.99. The van der Waals surface area contributed by atoms with Gasteiger partial charge in [-0.15, -0.1) is 0 Å². The molecule has 8 heteroatoms. The molecule has 0 aliphatic heterocycles. The molecule has 19 heavy (non-hydrogen) atoms. The molecule has 1 aromatic rings. The van der Waals surface area contributed by atoms with Crippen LogP contribution >= 0.6 is 11.8 Å². The molecule has 0 atom stereocenters. The molecule has 0 spiro atoms. The second-order valence-corrected chi connectivity index (χ2v) is 5.00. The standard InChI is InChI=1S/C11H17N3O4S/c15-5-1-6-19-7-4-12-10(17)8-14-11(18)3-2-9(16)13-14/h2-3,15H,1,4-8H2,(H,12,17)(H,13,16). The van der Waals surface area contributed by atoms with Gasteiger partial charge in [0.1, 0.15) is 6.54 Å². The molecule has 0 radical (unpaired) electrons. The summed E-state index contributed by atoms with van der Waals surface area (Å²) in [6.07, 6.45) is 0.735. The second-order valence-electron chi connectivity index (χ2n) is 3.77. The normalized spacial score (nSPS) is 10.4. The fourth-order valence-corrected chi connectivity index (χ4v) is 2.09. The summed E-state index contributed by atoms with van der Waals surface area (Å²) in [5, 5.41) is 13.5.